The lowest BCUT2D eigenvalue weighted by Crippen LogP contribution is -2.51. The molecule has 1 rings (SSSR count). The number of nitrogens with two attached hydrogens (primary N) is 1. The summed E-state index contributed by atoms with van der Waals surface area (Å²) in [5.41, 5.74) is 5.65. The predicted molar refractivity (Wildman–Crippen MR) is 81.8 cm³/mol. The van der Waals surface area contributed by atoms with Crippen LogP contribution in [0.25, 0.3) is 0 Å². The van der Waals surface area contributed by atoms with Crippen molar-refractivity contribution in [3.05, 3.63) is 23.8 Å². The third kappa shape index (κ3) is 6.01. The minimum atomic E-state index is -3.35. The number of hydrogen-bond acceptors (Lipinski definition) is 5. The molecule has 0 saturated heterocycles. The fourth-order valence-electron chi connectivity index (χ4n) is 1.81. The van der Waals surface area contributed by atoms with Crippen molar-refractivity contribution in [3.63, 3.8) is 0 Å². The minimum absolute atomic E-state index is 0.135. The fraction of sp³-hybridized carbons (Fsp3) is 0.462. The molecule has 4 N–H and O–H groups in total. The Morgan fingerprint density at radius 1 is 1.33 bits per heavy atom. The molecule has 0 aliphatic rings. The Morgan fingerprint density at radius 2 is 1.95 bits per heavy atom. The number of nitrogen functional groups attached to an aromatic ring is 1. The van der Waals surface area contributed by atoms with Crippen LogP contribution in [-0.2, 0) is 10.0 Å². The van der Waals surface area contributed by atoms with E-state index in [-0.39, 0.29) is 12.5 Å². The maximum Gasteiger partial charge on any atom is 0.251 e. The Kier molecular flexibility index (Phi) is 5.19. The van der Waals surface area contributed by atoms with Gasteiger partial charge in [-0.25, -0.2) is 13.1 Å². The molecule has 0 spiro atoms. The van der Waals surface area contributed by atoms with E-state index in [1.54, 1.807) is 26.0 Å². The molecule has 1 amide bonds. The highest BCUT2D eigenvalue weighted by atomic mass is 32.2. The molecule has 7 nitrogen and oxygen atoms in total. The standard InChI is InChI=1S/C13H21N3O4S/c1-13(2,16-21(4,18)19)8-15-12(17)9-5-10(14)7-11(6-9)20-3/h5-7,16H,8,14H2,1-4H3,(H,15,17). The number of sulfonamides is 1. The first-order valence-corrected chi connectivity index (χ1v) is 8.13. The van der Waals surface area contributed by atoms with Crippen LogP contribution in [0.2, 0.25) is 0 Å². The van der Waals surface area contributed by atoms with Crippen LogP contribution >= 0.6 is 0 Å². The smallest absolute Gasteiger partial charge is 0.251 e. The number of hydrogen-bond donors (Lipinski definition) is 3. The summed E-state index contributed by atoms with van der Waals surface area (Å²) >= 11 is 0. The second-order valence-corrected chi connectivity index (χ2v) is 7.18. The van der Waals surface area contributed by atoms with E-state index >= 15 is 0 Å². The second kappa shape index (κ2) is 6.31. The predicted octanol–water partition coefficient (Wildman–Crippen LogP) is 0.335. The first-order valence-electron chi connectivity index (χ1n) is 6.24. The summed E-state index contributed by atoms with van der Waals surface area (Å²) in [5, 5.41) is 2.66. The zero-order valence-electron chi connectivity index (χ0n) is 12.6. The highest BCUT2D eigenvalue weighted by molar-refractivity contribution is 7.88. The average molecular weight is 315 g/mol. The van der Waals surface area contributed by atoms with Crippen LogP contribution in [-0.4, -0.2) is 39.8 Å². The van der Waals surface area contributed by atoms with Crippen molar-refractivity contribution in [2.24, 2.45) is 0 Å². The lowest BCUT2D eigenvalue weighted by molar-refractivity contribution is 0.0944. The Labute approximate surface area is 124 Å². The van der Waals surface area contributed by atoms with E-state index in [4.69, 9.17) is 10.5 Å². The van der Waals surface area contributed by atoms with E-state index < -0.39 is 15.6 Å². The van der Waals surface area contributed by atoms with E-state index in [0.29, 0.717) is 17.0 Å². The molecule has 21 heavy (non-hydrogen) atoms. The van der Waals surface area contributed by atoms with Gasteiger partial charge in [0.15, 0.2) is 0 Å². The number of anilines is 1. The van der Waals surface area contributed by atoms with E-state index in [1.165, 1.54) is 13.2 Å². The summed E-state index contributed by atoms with van der Waals surface area (Å²) in [7, 11) is -1.87. The van der Waals surface area contributed by atoms with Gasteiger partial charge in [-0.05, 0) is 26.0 Å². The second-order valence-electron chi connectivity index (χ2n) is 5.44. The van der Waals surface area contributed by atoms with Crippen molar-refractivity contribution in [2.75, 3.05) is 25.6 Å². The molecule has 0 heterocycles. The molecular formula is C13H21N3O4S. The molecule has 0 saturated carbocycles. The van der Waals surface area contributed by atoms with Crippen LogP contribution in [0, 0.1) is 0 Å². The zero-order chi connectivity index (χ0) is 16.3. The molecule has 0 aliphatic heterocycles. The highest BCUT2D eigenvalue weighted by Crippen LogP contribution is 2.18. The number of carbonyl (C=O) groups is 1. The van der Waals surface area contributed by atoms with Gasteiger partial charge in [0.05, 0.1) is 13.4 Å². The van der Waals surface area contributed by atoms with Gasteiger partial charge in [-0.1, -0.05) is 0 Å². The van der Waals surface area contributed by atoms with Crippen molar-refractivity contribution >= 4 is 21.6 Å². The van der Waals surface area contributed by atoms with Gasteiger partial charge in [0.25, 0.3) is 5.91 Å². The van der Waals surface area contributed by atoms with Crippen molar-refractivity contribution in [1.82, 2.24) is 10.0 Å². The number of rotatable bonds is 6. The third-order valence-corrected chi connectivity index (χ3v) is 3.50. The van der Waals surface area contributed by atoms with E-state index in [2.05, 4.69) is 10.0 Å². The molecule has 0 radical (unpaired) electrons. The van der Waals surface area contributed by atoms with Gasteiger partial charge < -0.3 is 15.8 Å². The minimum Gasteiger partial charge on any atom is -0.497 e. The Hall–Kier alpha value is -1.80. The molecule has 1 aromatic carbocycles. The first-order chi connectivity index (χ1) is 9.52. The van der Waals surface area contributed by atoms with Crippen LogP contribution in [0.5, 0.6) is 5.75 Å². The molecule has 1 aromatic rings. The van der Waals surface area contributed by atoms with Gasteiger partial charge >= 0.3 is 0 Å². The van der Waals surface area contributed by atoms with Gasteiger partial charge in [0.2, 0.25) is 10.0 Å². The normalized spacial score (nSPS) is 12.0. The summed E-state index contributed by atoms with van der Waals surface area (Å²) in [6.07, 6.45) is 1.07. The largest absolute Gasteiger partial charge is 0.497 e. The first kappa shape index (κ1) is 17.3. The van der Waals surface area contributed by atoms with Crippen LogP contribution < -0.4 is 20.5 Å². The number of amides is 1. The molecule has 118 valence electrons. The van der Waals surface area contributed by atoms with Gasteiger partial charge in [0, 0.05) is 29.4 Å². The zero-order valence-corrected chi connectivity index (χ0v) is 13.4. The van der Waals surface area contributed by atoms with E-state index in [0.717, 1.165) is 6.26 Å². The monoisotopic (exact) mass is 315 g/mol. The third-order valence-electron chi connectivity index (χ3n) is 2.58. The maximum absolute atomic E-state index is 12.1. The van der Waals surface area contributed by atoms with Gasteiger partial charge in [0.1, 0.15) is 5.75 Å². The summed E-state index contributed by atoms with van der Waals surface area (Å²) in [6.45, 7) is 3.48. The number of ether oxygens (including phenoxy) is 1. The van der Waals surface area contributed by atoms with Crippen LogP contribution in [0.1, 0.15) is 24.2 Å². The molecule has 0 bridgehead atoms. The molecular weight excluding hydrogens is 294 g/mol. The number of carbonyl (C=O) groups excluding carboxylic acids is 1. The Balaban J connectivity index is 2.76. The highest BCUT2D eigenvalue weighted by Gasteiger charge is 2.23. The van der Waals surface area contributed by atoms with Crippen molar-refractivity contribution in [2.45, 2.75) is 19.4 Å². The van der Waals surface area contributed by atoms with E-state index in [9.17, 15) is 13.2 Å². The van der Waals surface area contributed by atoms with Gasteiger partial charge in [-0.15, -0.1) is 0 Å². The lowest BCUT2D eigenvalue weighted by Gasteiger charge is -2.25. The van der Waals surface area contributed by atoms with Crippen molar-refractivity contribution in [3.8, 4) is 5.75 Å². The molecule has 0 fully saturated rings. The topological polar surface area (TPSA) is 111 Å². The molecule has 8 heteroatoms. The molecule has 0 aliphatic carbocycles. The molecule has 0 aromatic heterocycles. The number of nitrogens with one attached hydrogen (secondary N) is 2. The van der Waals surface area contributed by atoms with Gasteiger partial charge in [-0.2, -0.15) is 0 Å². The summed E-state index contributed by atoms with van der Waals surface area (Å²) in [4.78, 5) is 12.1. The number of benzene rings is 1. The maximum atomic E-state index is 12.1. The van der Waals surface area contributed by atoms with Crippen LogP contribution in [0.4, 0.5) is 5.69 Å². The van der Waals surface area contributed by atoms with Crippen molar-refractivity contribution in [1.29, 1.82) is 0 Å². The van der Waals surface area contributed by atoms with Crippen molar-refractivity contribution < 1.29 is 17.9 Å². The quantitative estimate of drug-likeness (QED) is 0.655. The van der Waals surface area contributed by atoms with Crippen LogP contribution in [0.3, 0.4) is 0 Å². The van der Waals surface area contributed by atoms with Gasteiger partial charge in [-0.3, -0.25) is 4.79 Å². The number of methoxy groups -OCH3 is 1. The summed E-state index contributed by atoms with van der Waals surface area (Å²) in [5.74, 6) is 0.123. The lowest BCUT2D eigenvalue weighted by atomic mass is 10.1. The average Bonchev–Trinajstić information content (AvgIpc) is 2.32. The molecule has 0 atom stereocenters. The van der Waals surface area contributed by atoms with Crippen LogP contribution in [0.15, 0.2) is 18.2 Å². The van der Waals surface area contributed by atoms with E-state index in [1.807, 2.05) is 0 Å². The summed E-state index contributed by atoms with van der Waals surface area (Å²) in [6, 6.07) is 4.68. The Bertz CT molecular complexity index is 626. The fourth-order valence-corrected chi connectivity index (χ4v) is 2.89. The Morgan fingerprint density at radius 3 is 2.48 bits per heavy atom. The SMILES string of the molecule is COc1cc(N)cc(C(=O)NCC(C)(C)NS(C)(=O)=O)c1. The summed E-state index contributed by atoms with van der Waals surface area (Å²) < 4.78 is 30.0. The molecule has 0 unspecified atom stereocenters.